The number of hydrogen-bond acceptors (Lipinski definition) is 8. The molecule has 10 heteroatoms. The fourth-order valence-electron chi connectivity index (χ4n) is 2.33. The zero-order valence-electron chi connectivity index (χ0n) is 16.0. The van der Waals surface area contributed by atoms with E-state index in [9.17, 15) is 9.90 Å². The lowest BCUT2D eigenvalue weighted by Crippen LogP contribution is -2.21. The fraction of sp³-hybridized carbons (Fsp3) is 0.200. The van der Waals surface area contributed by atoms with Gasteiger partial charge in [-0.1, -0.05) is 65.5 Å². The SMILES string of the molecule is CC/C(=N\NC(=O)CSc1nnc(SCc2ccc(Cl)cc2)s1)c1ccc(O)cc1. The van der Waals surface area contributed by atoms with Crippen LogP contribution >= 0.6 is 46.5 Å². The molecular formula is C20H19ClN4O2S3. The summed E-state index contributed by atoms with van der Waals surface area (Å²) in [5, 5.41) is 22.6. The molecule has 2 N–H and O–H groups in total. The second-order valence-electron chi connectivity index (χ2n) is 6.03. The first-order valence-corrected chi connectivity index (χ1v) is 12.2. The zero-order valence-corrected chi connectivity index (χ0v) is 19.2. The van der Waals surface area contributed by atoms with Crippen molar-refractivity contribution >= 4 is 58.1 Å². The van der Waals surface area contributed by atoms with E-state index in [1.165, 1.54) is 23.1 Å². The number of nitrogens with zero attached hydrogens (tertiary/aromatic N) is 3. The first kappa shape index (κ1) is 22.6. The number of phenols is 1. The van der Waals surface area contributed by atoms with Crippen LogP contribution < -0.4 is 5.43 Å². The van der Waals surface area contributed by atoms with Crippen LogP contribution in [0.5, 0.6) is 5.75 Å². The molecule has 30 heavy (non-hydrogen) atoms. The summed E-state index contributed by atoms with van der Waals surface area (Å²) >= 11 is 10.3. The highest BCUT2D eigenvalue weighted by molar-refractivity contribution is 8.03. The number of phenolic OH excluding ortho intramolecular Hbond substituents is 1. The van der Waals surface area contributed by atoms with Crippen molar-refractivity contribution in [2.75, 3.05) is 5.75 Å². The largest absolute Gasteiger partial charge is 0.508 e. The van der Waals surface area contributed by atoms with E-state index in [1.807, 2.05) is 31.2 Å². The van der Waals surface area contributed by atoms with Gasteiger partial charge in [0.05, 0.1) is 11.5 Å². The summed E-state index contributed by atoms with van der Waals surface area (Å²) < 4.78 is 1.59. The minimum Gasteiger partial charge on any atom is -0.508 e. The summed E-state index contributed by atoms with van der Waals surface area (Å²) in [5.74, 6) is 0.961. The standard InChI is InChI=1S/C20H19ClN4O2S3/c1-2-17(14-5-9-16(26)10-6-14)22-23-18(27)12-29-20-25-24-19(30-20)28-11-13-3-7-15(21)8-4-13/h3-10,26H,2,11-12H2,1H3,(H,23,27)/b22-17+. The molecule has 156 valence electrons. The first-order valence-electron chi connectivity index (χ1n) is 9.02. The molecule has 0 aliphatic heterocycles. The van der Waals surface area contributed by atoms with Gasteiger partial charge in [-0.05, 0) is 53.9 Å². The Hall–Kier alpha value is -2.07. The summed E-state index contributed by atoms with van der Waals surface area (Å²) in [6.45, 7) is 1.96. The molecule has 0 radical (unpaired) electrons. The monoisotopic (exact) mass is 478 g/mol. The Morgan fingerprint density at radius 3 is 2.43 bits per heavy atom. The molecule has 1 aromatic heterocycles. The molecule has 6 nitrogen and oxygen atoms in total. The number of aromatic hydroxyl groups is 1. The van der Waals surface area contributed by atoms with Crippen LogP contribution in [-0.2, 0) is 10.5 Å². The van der Waals surface area contributed by atoms with Crippen molar-refractivity contribution in [1.82, 2.24) is 15.6 Å². The number of hydrogen-bond donors (Lipinski definition) is 2. The van der Waals surface area contributed by atoms with Crippen LogP contribution in [0, 0.1) is 0 Å². The minimum absolute atomic E-state index is 0.192. The summed E-state index contributed by atoms with van der Waals surface area (Å²) in [4.78, 5) is 12.1. The Balaban J connectivity index is 1.46. The molecule has 0 saturated carbocycles. The van der Waals surface area contributed by atoms with Crippen molar-refractivity contribution < 1.29 is 9.90 Å². The predicted molar refractivity (Wildman–Crippen MR) is 125 cm³/mol. The van der Waals surface area contributed by atoms with Crippen molar-refractivity contribution in [3.05, 3.63) is 64.7 Å². The van der Waals surface area contributed by atoms with Gasteiger partial charge in [0.1, 0.15) is 5.75 Å². The van der Waals surface area contributed by atoms with Gasteiger partial charge in [0.2, 0.25) is 0 Å². The number of aromatic nitrogens is 2. The second-order valence-corrected chi connectivity index (χ2v) is 9.89. The molecule has 2 aromatic carbocycles. The van der Waals surface area contributed by atoms with Crippen molar-refractivity contribution in [1.29, 1.82) is 0 Å². The predicted octanol–water partition coefficient (Wildman–Crippen LogP) is 5.21. The van der Waals surface area contributed by atoms with E-state index in [-0.39, 0.29) is 17.4 Å². The Morgan fingerprint density at radius 1 is 1.10 bits per heavy atom. The molecule has 0 unspecified atom stereocenters. The number of nitrogens with one attached hydrogen (secondary N) is 1. The average Bonchev–Trinajstić information content (AvgIpc) is 3.21. The van der Waals surface area contributed by atoms with Crippen LogP contribution in [0.4, 0.5) is 0 Å². The van der Waals surface area contributed by atoms with Crippen LogP contribution in [0.1, 0.15) is 24.5 Å². The number of thioether (sulfide) groups is 2. The fourth-order valence-corrected chi connectivity index (χ4v) is 5.22. The van der Waals surface area contributed by atoms with Crippen LogP contribution in [0.2, 0.25) is 5.02 Å². The molecular weight excluding hydrogens is 460 g/mol. The lowest BCUT2D eigenvalue weighted by molar-refractivity contribution is -0.118. The lowest BCUT2D eigenvalue weighted by atomic mass is 10.1. The topological polar surface area (TPSA) is 87.5 Å². The number of carbonyl (C=O) groups is 1. The highest BCUT2D eigenvalue weighted by atomic mass is 35.5. The first-order chi connectivity index (χ1) is 14.5. The average molecular weight is 479 g/mol. The molecule has 0 spiro atoms. The number of halogens is 1. The molecule has 0 aliphatic rings. The summed E-state index contributed by atoms with van der Waals surface area (Å²) in [7, 11) is 0. The highest BCUT2D eigenvalue weighted by Gasteiger charge is 2.09. The van der Waals surface area contributed by atoms with Crippen LogP contribution in [0.25, 0.3) is 0 Å². The van der Waals surface area contributed by atoms with Gasteiger partial charge in [-0.25, -0.2) is 5.43 Å². The summed E-state index contributed by atoms with van der Waals surface area (Å²) in [6, 6.07) is 14.4. The van der Waals surface area contributed by atoms with E-state index >= 15 is 0 Å². The second kappa shape index (κ2) is 11.4. The molecule has 3 rings (SSSR count). The van der Waals surface area contributed by atoms with E-state index in [4.69, 9.17) is 11.6 Å². The Kier molecular flexibility index (Phi) is 8.56. The number of hydrazone groups is 1. The maximum absolute atomic E-state index is 12.1. The highest BCUT2D eigenvalue weighted by Crippen LogP contribution is 2.30. The van der Waals surface area contributed by atoms with Gasteiger partial charge in [0.15, 0.2) is 8.68 Å². The number of rotatable bonds is 9. The summed E-state index contributed by atoms with van der Waals surface area (Å²) in [6.07, 6.45) is 0.656. The third kappa shape index (κ3) is 7.02. The molecule has 0 aliphatic carbocycles. The zero-order chi connectivity index (χ0) is 21.3. The molecule has 0 atom stereocenters. The third-order valence-corrected chi connectivity index (χ3v) is 7.35. The van der Waals surface area contributed by atoms with E-state index in [0.29, 0.717) is 6.42 Å². The number of amides is 1. The molecule has 0 bridgehead atoms. The van der Waals surface area contributed by atoms with Gasteiger partial charge in [0, 0.05) is 10.8 Å². The quantitative estimate of drug-likeness (QED) is 0.249. The van der Waals surface area contributed by atoms with Gasteiger partial charge in [-0.15, -0.1) is 10.2 Å². The smallest absolute Gasteiger partial charge is 0.250 e. The van der Waals surface area contributed by atoms with Gasteiger partial charge >= 0.3 is 0 Å². The van der Waals surface area contributed by atoms with Crippen molar-refractivity contribution in [2.45, 2.75) is 27.8 Å². The molecule has 0 fully saturated rings. The normalized spacial score (nSPS) is 11.5. The van der Waals surface area contributed by atoms with Gasteiger partial charge < -0.3 is 5.11 Å². The van der Waals surface area contributed by atoms with E-state index < -0.39 is 0 Å². The molecule has 1 heterocycles. The van der Waals surface area contributed by atoms with Crippen molar-refractivity contribution in [3.8, 4) is 5.75 Å². The van der Waals surface area contributed by atoms with E-state index in [1.54, 1.807) is 36.0 Å². The van der Waals surface area contributed by atoms with E-state index in [0.717, 1.165) is 36.3 Å². The third-order valence-electron chi connectivity index (χ3n) is 3.84. The molecule has 0 saturated heterocycles. The molecule has 1 amide bonds. The number of carbonyl (C=O) groups excluding carboxylic acids is 1. The minimum atomic E-state index is -0.213. The van der Waals surface area contributed by atoms with Gasteiger partial charge in [0.25, 0.3) is 5.91 Å². The Bertz CT molecular complexity index is 1010. The maximum atomic E-state index is 12.1. The lowest BCUT2D eigenvalue weighted by Gasteiger charge is -2.05. The van der Waals surface area contributed by atoms with Crippen LogP contribution in [0.15, 0.2) is 62.3 Å². The van der Waals surface area contributed by atoms with Crippen LogP contribution in [0.3, 0.4) is 0 Å². The van der Waals surface area contributed by atoms with E-state index in [2.05, 4.69) is 20.7 Å². The summed E-state index contributed by atoms with van der Waals surface area (Å²) in [5.41, 5.74) is 5.34. The van der Waals surface area contributed by atoms with Gasteiger partial charge in [-0.3, -0.25) is 4.79 Å². The van der Waals surface area contributed by atoms with Gasteiger partial charge in [-0.2, -0.15) is 5.10 Å². The number of benzene rings is 2. The van der Waals surface area contributed by atoms with Crippen molar-refractivity contribution in [3.63, 3.8) is 0 Å². The Labute approximate surface area is 192 Å². The van der Waals surface area contributed by atoms with Crippen LogP contribution in [-0.4, -0.2) is 32.7 Å². The maximum Gasteiger partial charge on any atom is 0.250 e. The molecule has 3 aromatic rings. The Morgan fingerprint density at radius 2 is 1.77 bits per heavy atom. The van der Waals surface area contributed by atoms with Crippen molar-refractivity contribution in [2.24, 2.45) is 5.10 Å².